The van der Waals surface area contributed by atoms with Crippen molar-refractivity contribution in [1.82, 2.24) is 5.43 Å². The number of esters is 1. The number of hydrogen-bond donors (Lipinski definition) is 1. The molecule has 2 aromatic carbocycles. The number of carbonyl (C=O) groups excluding carboxylic acids is 3. The van der Waals surface area contributed by atoms with Gasteiger partial charge in [0.25, 0.3) is 11.8 Å². The minimum Gasteiger partial charge on any atom is -0.462 e. The Labute approximate surface area is 158 Å². The van der Waals surface area contributed by atoms with Gasteiger partial charge in [-0.15, -0.1) is 0 Å². The zero-order chi connectivity index (χ0) is 18.7. The van der Waals surface area contributed by atoms with Gasteiger partial charge >= 0.3 is 5.97 Å². The Bertz CT molecular complexity index is 889. The highest BCUT2D eigenvalue weighted by atomic mass is 79.9. The molecule has 1 fully saturated rings. The van der Waals surface area contributed by atoms with Crippen LogP contribution >= 0.6 is 15.9 Å². The summed E-state index contributed by atoms with van der Waals surface area (Å²) in [5, 5.41) is 1.15. The lowest BCUT2D eigenvalue weighted by Crippen LogP contribution is -2.35. The van der Waals surface area contributed by atoms with Crippen molar-refractivity contribution >= 4 is 45.5 Å². The normalized spacial score (nSPS) is 15.3. The van der Waals surface area contributed by atoms with Crippen molar-refractivity contribution in [3.63, 3.8) is 0 Å². The fraction of sp³-hybridized carbons (Fsp3) is 0.105. The minimum absolute atomic E-state index is 0.0433. The SMILES string of the molecule is CCOC(=O)c1ccc(N2NC(=O)/C(=C/c3ccc(Br)cc3)C2=O)cc1. The molecule has 2 aromatic rings. The summed E-state index contributed by atoms with van der Waals surface area (Å²) in [4.78, 5) is 36.4. The average Bonchev–Trinajstić information content (AvgIpc) is 2.92. The smallest absolute Gasteiger partial charge is 0.338 e. The second-order valence-corrected chi connectivity index (χ2v) is 6.37. The average molecular weight is 415 g/mol. The number of nitrogens with one attached hydrogen (secondary N) is 1. The lowest BCUT2D eigenvalue weighted by atomic mass is 10.1. The lowest BCUT2D eigenvalue weighted by Gasteiger charge is -2.14. The van der Waals surface area contributed by atoms with Gasteiger partial charge in [-0.25, -0.2) is 9.80 Å². The van der Waals surface area contributed by atoms with Crippen LogP contribution < -0.4 is 10.4 Å². The predicted molar refractivity (Wildman–Crippen MR) is 100 cm³/mol. The Morgan fingerprint density at radius 2 is 1.77 bits per heavy atom. The maximum Gasteiger partial charge on any atom is 0.338 e. The maximum absolute atomic E-state index is 12.6. The van der Waals surface area contributed by atoms with E-state index in [9.17, 15) is 14.4 Å². The van der Waals surface area contributed by atoms with E-state index in [2.05, 4.69) is 21.4 Å². The molecule has 1 heterocycles. The topological polar surface area (TPSA) is 75.7 Å². The molecule has 2 amide bonds. The third-order valence-corrected chi connectivity index (χ3v) is 4.24. The predicted octanol–water partition coefficient (Wildman–Crippen LogP) is 3.09. The van der Waals surface area contributed by atoms with E-state index in [1.165, 1.54) is 6.08 Å². The van der Waals surface area contributed by atoms with Gasteiger partial charge in [0.05, 0.1) is 17.9 Å². The highest BCUT2D eigenvalue weighted by Crippen LogP contribution is 2.22. The van der Waals surface area contributed by atoms with Crippen molar-refractivity contribution in [1.29, 1.82) is 0 Å². The molecular weight excluding hydrogens is 400 g/mol. The van der Waals surface area contributed by atoms with Crippen LogP contribution in [-0.2, 0) is 14.3 Å². The molecule has 1 aliphatic rings. The van der Waals surface area contributed by atoms with Gasteiger partial charge in [-0.05, 0) is 55.0 Å². The summed E-state index contributed by atoms with van der Waals surface area (Å²) in [5.41, 5.74) is 4.14. The molecule has 0 spiro atoms. The second kappa shape index (κ2) is 7.53. The number of nitrogens with zero attached hydrogens (tertiary/aromatic N) is 1. The molecule has 7 heteroatoms. The van der Waals surface area contributed by atoms with Gasteiger partial charge < -0.3 is 4.74 Å². The van der Waals surface area contributed by atoms with E-state index in [0.29, 0.717) is 11.3 Å². The van der Waals surface area contributed by atoms with E-state index in [4.69, 9.17) is 4.74 Å². The van der Waals surface area contributed by atoms with Crippen LogP contribution in [0.5, 0.6) is 0 Å². The third kappa shape index (κ3) is 3.67. The van der Waals surface area contributed by atoms with Gasteiger partial charge in [-0.3, -0.25) is 15.0 Å². The van der Waals surface area contributed by atoms with Crippen LogP contribution in [0.2, 0.25) is 0 Å². The highest BCUT2D eigenvalue weighted by Gasteiger charge is 2.34. The number of rotatable bonds is 4. The van der Waals surface area contributed by atoms with Gasteiger partial charge in [0.1, 0.15) is 5.57 Å². The lowest BCUT2D eigenvalue weighted by molar-refractivity contribution is -0.117. The first-order valence-corrected chi connectivity index (χ1v) is 8.69. The molecule has 0 unspecified atom stereocenters. The van der Waals surface area contributed by atoms with Gasteiger partial charge in [-0.2, -0.15) is 0 Å². The largest absolute Gasteiger partial charge is 0.462 e. The monoisotopic (exact) mass is 414 g/mol. The van der Waals surface area contributed by atoms with Crippen LogP contribution in [0.3, 0.4) is 0 Å². The Morgan fingerprint density at radius 3 is 2.38 bits per heavy atom. The van der Waals surface area contributed by atoms with Crippen LogP contribution in [0.4, 0.5) is 5.69 Å². The van der Waals surface area contributed by atoms with Crippen LogP contribution in [0.15, 0.2) is 58.6 Å². The summed E-state index contributed by atoms with van der Waals surface area (Å²) in [7, 11) is 0. The van der Waals surface area contributed by atoms with Crippen molar-refractivity contribution in [2.24, 2.45) is 0 Å². The van der Waals surface area contributed by atoms with E-state index >= 15 is 0 Å². The first kappa shape index (κ1) is 17.9. The van der Waals surface area contributed by atoms with Crippen LogP contribution in [0, 0.1) is 0 Å². The van der Waals surface area contributed by atoms with E-state index < -0.39 is 17.8 Å². The summed E-state index contributed by atoms with van der Waals surface area (Å²) in [6.07, 6.45) is 1.54. The van der Waals surface area contributed by atoms with E-state index in [1.54, 1.807) is 43.3 Å². The Morgan fingerprint density at radius 1 is 1.12 bits per heavy atom. The summed E-state index contributed by atoms with van der Waals surface area (Å²) < 4.78 is 5.83. The standard InChI is InChI=1S/C19H15BrN2O4/c1-2-26-19(25)13-5-9-15(10-6-13)22-18(24)16(17(23)21-22)11-12-3-7-14(20)8-4-12/h3-11H,2H2,1H3,(H,21,23)/b16-11-. The maximum atomic E-state index is 12.6. The van der Waals surface area contributed by atoms with Crippen molar-refractivity contribution in [2.45, 2.75) is 6.92 Å². The zero-order valence-corrected chi connectivity index (χ0v) is 15.4. The molecule has 3 rings (SSSR count). The van der Waals surface area contributed by atoms with Crippen molar-refractivity contribution < 1.29 is 19.1 Å². The molecule has 0 aliphatic carbocycles. The number of halogens is 1. The molecule has 1 aliphatic heterocycles. The quantitative estimate of drug-likeness (QED) is 0.473. The first-order chi connectivity index (χ1) is 12.5. The van der Waals surface area contributed by atoms with Gasteiger partial charge in [0.15, 0.2) is 0 Å². The number of ether oxygens (including phenoxy) is 1. The van der Waals surface area contributed by atoms with E-state index in [0.717, 1.165) is 15.0 Å². The van der Waals surface area contributed by atoms with Crippen LogP contribution in [0.1, 0.15) is 22.8 Å². The van der Waals surface area contributed by atoms with Crippen molar-refractivity contribution in [3.05, 3.63) is 69.7 Å². The Kier molecular flexibility index (Phi) is 5.18. The van der Waals surface area contributed by atoms with Gasteiger partial charge in [-0.1, -0.05) is 28.1 Å². The summed E-state index contributed by atoms with van der Waals surface area (Å²) in [6, 6.07) is 13.5. The molecule has 0 bridgehead atoms. The number of benzene rings is 2. The molecular formula is C19H15BrN2O4. The Hall–Kier alpha value is -2.93. The number of hydrazine groups is 1. The molecule has 0 aromatic heterocycles. The molecule has 0 saturated carbocycles. The number of anilines is 1. The first-order valence-electron chi connectivity index (χ1n) is 7.89. The number of carbonyl (C=O) groups is 3. The Balaban J connectivity index is 1.82. The van der Waals surface area contributed by atoms with Crippen molar-refractivity contribution in [3.8, 4) is 0 Å². The van der Waals surface area contributed by atoms with Crippen LogP contribution in [-0.4, -0.2) is 24.4 Å². The number of hydrogen-bond acceptors (Lipinski definition) is 4. The van der Waals surface area contributed by atoms with Gasteiger partial charge in [0, 0.05) is 4.47 Å². The summed E-state index contributed by atoms with van der Waals surface area (Å²) in [5.74, 6) is -1.37. The molecule has 0 radical (unpaired) electrons. The van der Waals surface area contributed by atoms with Crippen molar-refractivity contribution in [2.75, 3.05) is 11.6 Å². The molecule has 1 saturated heterocycles. The second-order valence-electron chi connectivity index (χ2n) is 5.46. The summed E-state index contributed by atoms with van der Waals surface area (Å²) >= 11 is 3.34. The van der Waals surface area contributed by atoms with Crippen LogP contribution in [0.25, 0.3) is 6.08 Å². The minimum atomic E-state index is -0.479. The molecule has 1 N–H and O–H groups in total. The zero-order valence-electron chi connectivity index (χ0n) is 13.9. The number of amides is 2. The summed E-state index contributed by atoms with van der Waals surface area (Å²) in [6.45, 7) is 2.01. The fourth-order valence-corrected chi connectivity index (χ4v) is 2.69. The van der Waals surface area contributed by atoms with E-state index in [1.807, 2.05) is 12.1 Å². The fourth-order valence-electron chi connectivity index (χ4n) is 2.43. The third-order valence-electron chi connectivity index (χ3n) is 3.71. The molecule has 6 nitrogen and oxygen atoms in total. The highest BCUT2D eigenvalue weighted by molar-refractivity contribution is 9.10. The molecule has 26 heavy (non-hydrogen) atoms. The van der Waals surface area contributed by atoms with Gasteiger partial charge in [0.2, 0.25) is 0 Å². The van der Waals surface area contributed by atoms with E-state index in [-0.39, 0.29) is 12.2 Å². The molecule has 132 valence electrons. The molecule has 0 atom stereocenters.